The van der Waals surface area contributed by atoms with Crippen molar-refractivity contribution < 1.29 is 13.9 Å². The standard InChI is InChI=1S/C19H23FN4O3/c1-2-27-19(26)9-10-24-18(25)8-7-17(21-24)23-13-11-22(12-14-23)16-6-4-3-5-15(16)20/h3-8H,2,9-14H2,1H3. The van der Waals surface area contributed by atoms with Crippen LogP contribution in [0.25, 0.3) is 0 Å². The van der Waals surface area contributed by atoms with Gasteiger partial charge in [0.05, 0.1) is 25.3 Å². The lowest BCUT2D eigenvalue weighted by atomic mass is 10.2. The van der Waals surface area contributed by atoms with Crippen LogP contribution >= 0.6 is 0 Å². The number of nitrogens with zero attached hydrogens (tertiary/aromatic N) is 4. The maximum atomic E-state index is 14.0. The monoisotopic (exact) mass is 374 g/mol. The number of anilines is 2. The zero-order valence-corrected chi connectivity index (χ0v) is 15.3. The second-order valence-corrected chi connectivity index (χ2v) is 6.23. The summed E-state index contributed by atoms with van der Waals surface area (Å²) in [6.07, 6.45) is 0.102. The maximum absolute atomic E-state index is 14.0. The van der Waals surface area contributed by atoms with Crippen LogP contribution in [0.15, 0.2) is 41.2 Å². The van der Waals surface area contributed by atoms with Crippen LogP contribution in [0, 0.1) is 5.82 Å². The first kappa shape index (κ1) is 18.9. The lowest BCUT2D eigenvalue weighted by Crippen LogP contribution is -2.47. The van der Waals surface area contributed by atoms with Crippen LogP contribution in [0.3, 0.4) is 0 Å². The molecule has 27 heavy (non-hydrogen) atoms. The highest BCUT2D eigenvalue weighted by molar-refractivity contribution is 5.69. The van der Waals surface area contributed by atoms with Crippen molar-refractivity contribution in [2.75, 3.05) is 42.6 Å². The Balaban J connectivity index is 1.64. The minimum absolute atomic E-state index is 0.102. The summed E-state index contributed by atoms with van der Waals surface area (Å²) in [5, 5.41) is 4.37. The van der Waals surface area contributed by atoms with E-state index >= 15 is 0 Å². The molecule has 7 nitrogen and oxygen atoms in total. The highest BCUT2D eigenvalue weighted by Crippen LogP contribution is 2.21. The normalized spacial score (nSPS) is 14.3. The highest BCUT2D eigenvalue weighted by atomic mass is 19.1. The molecule has 0 bridgehead atoms. The van der Waals surface area contributed by atoms with Crippen LogP contribution in [0.5, 0.6) is 0 Å². The number of rotatable bonds is 6. The maximum Gasteiger partial charge on any atom is 0.307 e. The lowest BCUT2D eigenvalue weighted by Gasteiger charge is -2.36. The first-order valence-electron chi connectivity index (χ1n) is 9.06. The fraction of sp³-hybridized carbons (Fsp3) is 0.421. The van der Waals surface area contributed by atoms with Crippen molar-refractivity contribution in [2.45, 2.75) is 19.9 Å². The Bertz CT molecular complexity index is 847. The van der Waals surface area contributed by atoms with E-state index in [-0.39, 0.29) is 30.3 Å². The van der Waals surface area contributed by atoms with E-state index in [1.807, 2.05) is 11.0 Å². The molecule has 0 radical (unpaired) electrons. The molecule has 1 aromatic heterocycles. The second kappa shape index (κ2) is 8.66. The van der Waals surface area contributed by atoms with Gasteiger partial charge in [-0.15, -0.1) is 0 Å². The average molecular weight is 374 g/mol. The lowest BCUT2D eigenvalue weighted by molar-refractivity contribution is -0.143. The topological polar surface area (TPSA) is 67.7 Å². The van der Waals surface area contributed by atoms with Gasteiger partial charge in [-0.25, -0.2) is 9.07 Å². The molecule has 3 rings (SSSR count). The summed E-state index contributed by atoms with van der Waals surface area (Å²) in [5.74, 6) is 0.0957. The number of aromatic nitrogens is 2. The van der Waals surface area contributed by atoms with E-state index in [0.717, 1.165) is 0 Å². The van der Waals surface area contributed by atoms with Gasteiger partial charge in [0.15, 0.2) is 0 Å². The Morgan fingerprint density at radius 3 is 2.52 bits per heavy atom. The van der Waals surface area contributed by atoms with Crippen LogP contribution in [0.2, 0.25) is 0 Å². The third-order valence-electron chi connectivity index (χ3n) is 4.48. The first-order chi connectivity index (χ1) is 13.1. The largest absolute Gasteiger partial charge is 0.466 e. The summed E-state index contributed by atoms with van der Waals surface area (Å²) >= 11 is 0. The van der Waals surface area contributed by atoms with E-state index in [9.17, 15) is 14.0 Å². The number of halogens is 1. The van der Waals surface area contributed by atoms with Gasteiger partial charge in [-0.3, -0.25) is 9.59 Å². The van der Waals surface area contributed by atoms with Gasteiger partial charge in [0.25, 0.3) is 5.56 Å². The molecule has 8 heteroatoms. The molecule has 0 spiro atoms. The van der Waals surface area contributed by atoms with Crippen LogP contribution in [-0.2, 0) is 16.1 Å². The zero-order valence-electron chi connectivity index (χ0n) is 15.3. The number of hydrogen-bond donors (Lipinski definition) is 0. The molecule has 1 fully saturated rings. The average Bonchev–Trinajstić information content (AvgIpc) is 2.68. The van der Waals surface area contributed by atoms with Crippen molar-refractivity contribution in [3.05, 3.63) is 52.6 Å². The second-order valence-electron chi connectivity index (χ2n) is 6.23. The molecule has 1 saturated heterocycles. The molecule has 0 amide bonds. The smallest absolute Gasteiger partial charge is 0.307 e. The van der Waals surface area contributed by atoms with Crippen LogP contribution < -0.4 is 15.4 Å². The molecule has 0 N–H and O–H groups in total. The number of para-hydroxylation sites is 1. The molecule has 1 aliphatic rings. The minimum atomic E-state index is -0.352. The summed E-state index contributed by atoms with van der Waals surface area (Å²) in [4.78, 5) is 27.5. The predicted octanol–water partition coefficient (Wildman–Crippen LogP) is 1.66. The SMILES string of the molecule is CCOC(=O)CCn1nc(N2CCN(c3ccccc3F)CC2)ccc1=O. The molecule has 144 valence electrons. The summed E-state index contributed by atoms with van der Waals surface area (Å²) in [7, 11) is 0. The minimum Gasteiger partial charge on any atom is -0.466 e. The van der Waals surface area contributed by atoms with E-state index in [0.29, 0.717) is 44.3 Å². The predicted molar refractivity (Wildman–Crippen MR) is 101 cm³/mol. The van der Waals surface area contributed by atoms with Gasteiger partial charge in [-0.1, -0.05) is 12.1 Å². The Labute approximate surface area is 157 Å². The number of ether oxygens (including phenoxy) is 1. The number of aryl methyl sites for hydroxylation is 1. The molecular formula is C19H23FN4O3. The molecule has 2 heterocycles. The van der Waals surface area contributed by atoms with Crippen molar-refractivity contribution >= 4 is 17.5 Å². The molecule has 0 unspecified atom stereocenters. The van der Waals surface area contributed by atoms with Crippen molar-refractivity contribution in [1.82, 2.24) is 9.78 Å². The van der Waals surface area contributed by atoms with E-state index in [4.69, 9.17) is 4.74 Å². The van der Waals surface area contributed by atoms with Gasteiger partial charge in [0, 0.05) is 32.2 Å². The Morgan fingerprint density at radius 1 is 1.11 bits per heavy atom. The van der Waals surface area contributed by atoms with E-state index < -0.39 is 0 Å². The van der Waals surface area contributed by atoms with Gasteiger partial charge in [-0.05, 0) is 25.1 Å². The molecule has 0 aliphatic carbocycles. The van der Waals surface area contributed by atoms with Crippen molar-refractivity contribution in [3.63, 3.8) is 0 Å². The molecule has 1 aromatic carbocycles. The first-order valence-corrected chi connectivity index (χ1v) is 9.06. The number of carbonyl (C=O) groups excluding carboxylic acids is 1. The van der Waals surface area contributed by atoms with E-state index in [2.05, 4.69) is 10.00 Å². The van der Waals surface area contributed by atoms with E-state index in [1.54, 1.807) is 25.1 Å². The van der Waals surface area contributed by atoms with Gasteiger partial charge in [-0.2, -0.15) is 5.10 Å². The fourth-order valence-electron chi connectivity index (χ4n) is 3.08. The molecular weight excluding hydrogens is 351 g/mol. The summed E-state index contributed by atoms with van der Waals surface area (Å²) in [6, 6.07) is 9.88. The Hall–Kier alpha value is -2.90. The Morgan fingerprint density at radius 2 is 1.81 bits per heavy atom. The van der Waals surface area contributed by atoms with Crippen molar-refractivity contribution in [2.24, 2.45) is 0 Å². The summed E-state index contributed by atoms with van der Waals surface area (Å²) < 4.78 is 20.1. The van der Waals surface area contributed by atoms with Gasteiger partial charge in [0.1, 0.15) is 11.6 Å². The number of esters is 1. The third kappa shape index (κ3) is 4.64. The zero-order chi connectivity index (χ0) is 19.2. The highest BCUT2D eigenvalue weighted by Gasteiger charge is 2.20. The molecule has 1 aliphatic heterocycles. The number of hydrogen-bond acceptors (Lipinski definition) is 6. The van der Waals surface area contributed by atoms with Crippen LogP contribution in [-0.4, -0.2) is 48.5 Å². The molecule has 2 aromatic rings. The van der Waals surface area contributed by atoms with E-state index in [1.165, 1.54) is 16.8 Å². The number of benzene rings is 1. The van der Waals surface area contributed by atoms with Gasteiger partial charge >= 0.3 is 5.97 Å². The van der Waals surface area contributed by atoms with Gasteiger partial charge < -0.3 is 14.5 Å². The van der Waals surface area contributed by atoms with Crippen LogP contribution in [0.4, 0.5) is 15.9 Å². The number of carbonyl (C=O) groups is 1. The Kier molecular flexibility index (Phi) is 6.05. The van der Waals surface area contributed by atoms with Crippen molar-refractivity contribution in [1.29, 1.82) is 0 Å². The quantitative estimate of drug-likeness (QED) is 0.717. The third-order valence-corrected chi connectivity index (χ3v) is 4.48. The number of piperazine rings is 1. The molecule has 0 saturated carbocycles. The molecule has 0 atom stereocenters. The van der Waals surface area contributed by atoms with Crippen LogP contribution in [0.1, 0.15) is 13.3 Å². The fourth-order valence-corrected chi connectivity index (χ4v) is 3.08. The summed E-state index contributed by atoms with van der Waals surface area (Å²) in [5.41, 5.74) is 0.345. The van der Waals surface area contributed by atoms with Crippen molar-refractivity contribution in [3.8, 4) is 0 Å². The summed E-state index contributed by atoms with van der Waals surface area (Å²) in [6.45, 7) is 4.88. The van der Waals surface area contributed by atoms with Gasteiger partial charge in [0.2, 0.25) is 0 Å².